The fourth-order valence-corrected chi connectivity index (χ4v) is 5.22. The summed E-state index contributed by atoms with van der Waals surface area (Å²) in [4.78, 5) is 12.2. The van der Waals surface area contributed by atoms with Crippen LogP contribution in [-0.2, 0) is 21.5 Å². The van der Waals surface area contributed by atoms with Gasteiger partial charge in [-0.15, -0.1) is 0 Å². The Morgan fingerprint density at radius 1 is 1.19 bits per heavy atom. The summed E-state index contributed by atoms with van der Waals surface area (Å²) in [5.41, 5.74) is 0.533. The lowest BCUT2D eigenvalue weighted by atomic mass is 9.95. The molecule has 1 aromatic carbocycles. The van der Waals surface area contributed by atoms with Gasteiger partial charge in [0.15, 0.2) is 0 Å². The van der Waals surface area contributed by atoms with Gasteiger partial charge in [-0.2, -0.15) is 17.0 Å². The number of halogens is 2. The number of carbonyl (C=O) groups is 1. The number of hydrogen-bond donors (Lipinski definition) is 1. The summed E-state index contributed by atoms with van der Waals surface area (Å²) in [7, 11) is -3.74. The molecular weight excluding hydrogens is 381 g/mol. The van der Waals surface area contributed by atoms with Crippen molar-refractivity contribution in [2.45, 2.75) is 44.7 Å². The van der Waals surface area contributed by atoms with E-state index in [9.17, 15) is 17.6 Å². The highest BCUT2D eigenvalue weighted by atomic mass is 35.5. The second kappa shape index (κ2) is 8.21. The molecule has 1 aliphatic carbocycles. The van der Waals surface area contributed by atoms with Crippen molar-refractivity contribution in [3.8, 4) is 0 Å². The molecular formula is C17H23ClFN3O3S. The number of nitrogens with one attached hydrogen (secondary N) is 1. The fraction of sp³-hybridized carbons (Fsp3) is 0.588. The molecule has 1 saturated heterocycles. The molecule has 0 spiro atoms. The Labute approximate surface area is 158 Å². The van der Waals surface area contributed by atoms with E-state index < -0.39 is 16.0 Å². The summed E-state index contributed by atoms with van der Waals surface area (Å²) in [6.45, 7) is 0.403. The van der Waals surface area contributed by atoms with E-state index in [1.54, 1.807) is 0 Å². The molecule has 6 nitrogen and oxygen atoms in total. The van der Waals surface area contributed by atoms with Crippen molar-refractivity contribution in [1.82, 2.24) is 13.9 Å². The van der Waals surface area contributed by atoms with Gasteiger partial charge in [-0.3, -0.25) is 4.79 Å². The molecule has 0 unspecified atom stereocenters. The van der Waals surface area contributed by atoms with Gasteiger partial charge in [0, 0.05) is 30.7 Å². The first-order valence-electron chi connectivity index (χ1n) is 8.85. The lowest BCUT2D eigenvalue weighted by molar-refractivity contribution is -0.122. The topological polar surface area (TPSA) is 69.7 Å². The first-order chi connectivity index (χ1) is 12.4. The molecule has 3 rings (SSSR count). The molecule has 0 radical (unpaired) electrons. The van der Waals surface area contributed by atoms with Crippen molar-refractivity contribution in [2.24, 2.45) is 0 Å². The Kier molecular flexibility index (Phi) is 6.17. The predicted molar refractivity (Wildman–Crippen MR) is 97.3 cm³/mol. The van der Waals surface area contributed by atoms with Crippen molar-refractivity contribution in [3.63, 3.8) is 0 Å². The van der Waals surface area contributed by atoms with Gasteiger partial charge >= 0.3 is 0 Å². The average molecular weight is 404 g/mol. The maximum atomic E-state index is 13.1. The number of hydrogen-bond acceptors (Lipinski definition) is 3. The molecule has 0 atom stereocenters. The molecule has 1 heterocycles. The van der Waals surface area contributed by atoms with Crippen LogP contribution >= 0.6 is 11.6 Å². The Balaban J connectivity index is 1.59. The Morgan fingerprint density at radius 3 is 2.58 bits per heavy atom. The van der Waals surface area contributed by atoms with Crippen LogP contribution in [0, 0.1) is 5.82 Å². The van der Waals surface area contributed by atoms with Gasteiger partial charge < -0.3 is 5.32 Å². The van der Waals surface area contributed by atoms with E-state index in [1.165, 1.54) is 27.2 Å². The summed E-state index contributed by atoms with van der Waals surface area (Å²) >= 11 is 5.99. The minimum atomic E-state index is -3.74. The van der Waals surface area contributed by atoms with Crippen LogP contribution in [0.25, 0.3) is 0 Å². The second-order valence-corrected chi connectivity index (χ2v) is 9.15. The minimum Gasteiger partial charge on any atom is -0.352 e. The van der Waals surface area contributed by atoms with Crippen molar-refractivity contribution in [1.29, 1.82) is 0 Å². The molecule has 9 heteroatoms. The van der Waals surface area contributed by atoms with Crippen LogP contribution in [0.3, 0.4) is 0 Å². The third-order valence-electron chi connectivity index (χ3n) is 4.90. The number of carbonyl (C=O) groups excluding carboxylic acids is 1. The third kappa shape index (κ3) is 4.54. The predicted octanol–water partition coefficient (Wildman–Crippen LogP) is 2.29. The highest BCUT2D eigenvalue weighted by Gasteiger charge is 2.38. The summed E-state index contributed by atoms with van der Waals surface area (Å²) in [5, 5.41) is 3.13. The van der Waals surface area contributed by atoms with Crippen molar-refractivity contribution in [3.05, 3.63) is 34.6 Å². The average Bonchev–Trinajstić information content (AvgIpc) is 2.85. The van der Waals surface area contributed by atoms with E-state index in [4.69, 9.17) is 11.6 Å². The summed E-state index contributed by atoms with van der Waals surface area (Å²) < 4.78 is 40.9. The zero-order valence-electron chi connectivity index (χ0n) is 14.5. The molecule has 0 bridgehead atoms. The Hall–Kier alpha value is -1.22. The van der Waals surface area contributed by atoms with Crippen molar-refractivity contribution < 1.29 is 17.6 Å². The monoisotopic (exact) mass is 403 g/mol. The van der Waals surface area contributed by atoms with Crippen LogP contribution in [0.5, 0.6) is 0 Å². The summed E-state index contributed by atoms with van der Waals surface area (Å²) in [6, 6.07) is 4.04. The first-order valence-corrected chi connectivity index (χ1v) is 10.6. The maximum absolute atomic E-state index is 13.1. The van der Waals surface area contributed by atoms with E-state index >= 15 is 0 Å². The van der Waals surface area contributed by atoms with E-state index in [0.29, 0.717) is 5.56 Å². The molecule has 2 aliphatic rings. The summed E-state index contributed by atoms with van der Waals surface area (Å²) in [6.07, 6.45) is 5.29. The molecule has 1 aliphatic heterocycles. The molecule has 1 aromatic rings. The molecule has 2 fully saturated rings. The van der Waals surface area contributed by atoms with Crippen LogP contribution in [0.2, 0.25) is 5.02 Å². The highest BCUT2D eigenvalue weighted by molar-refractivity contribution is 7.87. The number of rotatable bonds is 5. The van der Waals surface area contributed by atoms with Gasteiger partial charge in [0.05, 0.1) is 6.54 Å². The highest BCUT2D eigenvalue weighted by Crippen LogP contribution is 2.24. The van der Waals surface area contributed by atoms with E-state index in [0.717, 1.165) is 31.7 Å². The second-order valence-electron chi connectivity index (χ2n) is 6.81. The lowest BCUT2D eigenvalue weighted by Gasteiger charge is -2.24. The maximum Gasteiger partial charge on any atom is 0.282 e. The number of amides is 1. The summed E-state index contributed by atoms with van der Waals surface area (Å²) in [5.74, 6) is -0.730. The smallest absolute Gasteiger partial charge is 0.282 e. The largest absolute Gasteiger partial charge is 0.352 e. The van der Waals surface area contributed by atoms with Crippen LogP contribution in [-0.4, -0.2) is 48.6 Å². The van der Waals surface area contributed by atoms with E-state index in [1.807, 2.05) is 0 Å². The van der Waals surface area contributed by atoms with Gasteiger partial charge in [0.1, 0.15) is 5.82 Å². The SMILES string of the molecule is O=C(CN1CCN(Cc2ccc(F)cc2Cl)S1(=O)=O)NC1CCCCC1. The molecule has 0 aromatic heterocycles. The van der Waals surface area contributed by atoms with Crippen LogP contribution < -0.4 is 5.32 Å². The van der Waals surface area contributed by atoms with Crippen molar-refractivity contribution in [2.75, 3.05) is 19.6 Å². The van der Waals surface area contributed by atoms with Gasteiger partial charge in [0.2, 0.25) is 5.91 Å². The number of nitrogens with zero attached hydrogens (tertiary/aromatic N) is 2. The van der Waals surface area contributed by atoms with Gasteiger partial charge in [-0.1, -0.05) is 36.9 Å². The number of benzene rings is 1. The van der Waals surface area contributed by atoms with Crippen LogP contribution in [0.4, 0.5) is 4.39 Å². The van der Waals surface area contributed by atoms with Gasteiger partial charge in [0.25, 0.3) is 10.2 Å². The fourth-order valence-electron chi connectivity index (χ4n) is 3.46. The molecule has 144 valence electrons. The molecule has 26 heavy (non-hydrogen) atoms. The molecule has 1 saturated carbocycles. The van der Waals surface area contributed by atoms with Crippen LogP contribution in [0.15, 0.2) is 18.2 Å². The molecule has 1 amide bonds. The zero-order chi connectivity index (χ0) is 18.7. The standard InChI is InChI=1S/C17H23ClFN3O3S/c18-16-10-14(19)7-6-13(16)11-21-8-9-22(26(21,24)25)12-17(23)20-15-4-2-1-3-5-15/h6-7,10,15H,1-5,8-9,11-12H2,(H,20,23). The van der Waals surface area contributed by atoms with Gasteiger partial charge in [-0.05, 0) is 30.5 Å². The Morgan fingerprint density at radius 2 is 1.88 bits per heavy atom. The minimum absolute atomic E-state index is 0.0577. The third-order valence-corrected chi connectivity index (χ3v) is 7.18. The lowest BCUT2D eigenvalue weighted by Crippen LogP contribution is -2.44. The first kappa shape index (κ1) is 19.5. The van der Waals surface area contributed by atoms with E-state index in [-0.39, 0.29) is 43.2 Å². The Bertz CT molecular complexity index is 769. The quantitative estimate of drug-likeness (QED) is 0.820. The molecule has 1 N–H and O–H groups in total. The normalized spacial score (nSPS) is 21.8. The van der Waals surface area contributed by atoms with Gasteiger partial charge in [-0.25, -0.2) is 4.39 Å². The zero-order valence-corrected chi connectivity index (χ0v) is 16.0. The van der Waals surface area contributed by atoms with Crippen LogP contribution in [0.1, 0.15) is 37.7 Å². The van der Waals surface area contributed by atoms with Crippen molar-refractivity contribution >= 4 is 27.7 Å². The van der Waals surface area contributed by atoms with E-state index in [2.05, 4.69) is 5.32 Å².